The second-order valence-corrected chi connectivity index (χ2v) is 10.3. The van der Waals surface area contributed by atoms with Crippen molar-refractivity contribution in [1.82, 2.24) is 25.2 Å². The fourth-order valence-electron chi connectivity index (χ4n) is 4.13. The van der Waals surface area contributed by atoms with Gasteiger partial charge in [0, 0.05) is 12.6 Å². The maximum absolute atomic E-state index is 13.3. The molecule has 0 aliphatic rings. The van der Waals surface area contributed by atoms with Crippen molar-refractivity contribution in [2.45, 2.75) is 58.1 Å². The standard InChI is InChI=1S/C29H30F3N5O3/c1-28(2,3)40-27(39)36-23(16-20-11-7-12-21(15-20)29(30,31)32)26(38)34-17-24-35-22-13-8-14-33-25(22)37(24)18-19-9-5-4-6-10-19/h4-15,23H,16-18H2,1-3H3,(H,34,38)(H,36,39)/t23-/m1/s1. The number of nitrogens with one attached hydrogen (secondary N) is 2. The molecule has 0 radical (unpaired) electrons. The van der Waals surface area contributed by atoms with Gasteiger partial charge in [0.2, 0.25) is 5.91 Å². The Kier molecular flexibility index (Phi) is 8.41. The lowest BCUT2D eigenvalue weighted by Crippen LogP contribution is -2.49. The number of benzene rings is 2. The topological polar surface area (TPSA) is 98.1 Å². The number of fused-ring (bicyclic) bond motifs is 1. The molecule has 11 heteroatoms. The van der Waals surface area contributed by atoms with E-state index in [0.29, 0.717) is 23.5 Å². The van der Waals surface area contributed by atoms with E-state index in [1.165, 1.54) is 12.1 Å². The zero-order valence-corrected chi connectivity index (χ0v) is 22.3. The van der Waals surface area contributed by atoms with Crippen LogP contribution in [0.3, 0.4) is 0 Å². The number of imidazole rings is 1. The van der Waals surface area contributed by atoms with E-state index >= 15 is 0 Å². The van der Waals surface area contributed by atoms with Crippen LogP contribution in [0.2, 0.25) is 0 Å². The minimum atomic E-state index is -4.54. The summed E-state index contributed by atoms with van der Waals surface area (Å²) in [6, 6.07) is 16.7. The highest BCUT2D eigenvalue weighted by atomic mass is 19.4. The van der Waals surface area contributed by atoms with Gasteiger partial charge < -0.3 is 19.9 Å². The summed E-state index contributed by atoms with van der Waals surface area (Å²) >= 11 is 0. The molecule has 0 bridgehead atoms. The Bertz CT molecular complexity index is 1480. The van der Waals surface area contributed by atoms with Crippen LogP contribution in [0.15, 0.2) is 72.9 Å². The van der Waals surface area contributed by atoms with E-state index in [9.17, 15) is 22.8 Å². The number of rotatable bonds is 8. The largest absolute Gasteiger partial charge is 0.444 e. The minimum absolute atomic E-state index is 0.00286. The molecule has 0 aliphatic heterocycles. The Morgan fingerprint density at radius 3 is 2.40 bits per heavy atom. The molecule has 0 aliphatic carbocycles. The summed E-state index contributed by atoms with van der Waals surface area (Å²) < 4.78 is 47.0. The molecule has 0 saturated heterocycles. The quantitative estimate of drug-likeness (QED) is 0.311. The first-order chi connectivity index (χ1) is 18.9. The molecule has 4 rings (SSSR count). The van der Waals surface area contributed by atoms with Crippen molar-refractivity contribution >= 4 is 23.2 Å². The van der Waals surface area contributed by atoms with Crippen LogP contribution < -0.4 is 10.6 Å². The van der Waals surface area contributed by atoms with Crippen molar-refractivity contribution in [3.63, 3.8) is 0 Å². The molecule has 210 valence electrons. The summed E-state index contributed by atoms with van der Waals surface area (Å²) in [5.74, 6) is -0.0736. The number of hydrogen-bond acceptors (Lipinski definition) is 5. The number of alkyl carbamates (subject to hydrolysis) is 1. The normalized spacial score (nSPS) is 12.7. The number of nitrogens with zero attached hydrogens (tertiary/aromatic N) is 3. The fourth-order valence-corrected chi connectivity index (χ4v) is 4.13. The zero-order chi connectivity index (χ0) is 28.9. The third-order valence-electron chi connectivity index (χ3n) is 5.89. The van der Waals surface area contributed by atoms with E-state index in [1.54, 1.807) is 33.0 Å². The van der Waals surface area contributed by atoms with Gasteiger partial charge in [0.1, 0.15) is 23.0 Å². The predicted octanol–water partition coefficient (Wildman–Crippen LogP) is 5.25. The van der Waals surface area contributed by atoms with Gasteiger partial charge in [-0.15, -0.1) is 0 Å². The average molecular weight is 554 g/mol. The fraction of sp³-hybridized carbons (Fsp3) is 0.310. The number of hydrogen-bond donors (Lipinski definition) is 2. The number of aromatic nitrogens is 3. The molecule has 2 aromatic carbocycles. The molecule has 0 fully saturated rings. The number of halogens is 3. The summed E-state index contributed by atoms with van der Waals surface area (Å²) in [6.45, 7) is 5.46. The van der Waals surface area contributed by atoms with Gasteiger partial charge in [-0.05, 0) is 50.1 Å². The van der Waals surface area contributed by atoms with Gasteiger partial charge in [0.05, 0.1) is 18.7 Å². The molecule has 0 spiro atoms. The number of carbonyl (C=O) groups is 2. The summed E-state index contributed by atoms with van der Waals surface area (Å²) in [4.78, 5) is 34.9. The number of carbonyl (C=O) groups excluding carboxylic acids is 2. The molecule has 0 unspecified atom stereocenters. The van der Waals surface area contributed by atoms with E-state index in [4.69, 9.17) is 4.74 Å². The van der Waals surface area contributed by atoms with E-state index < -0.39 is 35.4 Å². The van der Waals surface area contributed by atoms with Gasteiger partial charge in [-0.2, -0.15) is 13.2 Å². The van der Waals surface area contributed by atoms with Crippen LogP contribution in [0.1, 0.15) is 43.3 Å². The highest BCUT2D eigenvalue weighted by Gasteiger charge is 2.31. The van der Waals surface area contributed by atoms with Crippen LogP contribution in [0.4, 0.5) is 18.0 Å². The first-order valence-electron chi connectivity index (χ1n) is 12.7. The molecular formula is C29H30F3N5O3. The van der Waals surface area contributed by atoms with Crippen LogP contribution in [0.25, 0.3) is 11.2 Å². The Morgan fingerprint density at radius 2 is 1.70 bits per heavy atom. The van der Waals surface area contributed by atoms with Crippen molar-refractivity contribution in [2.24, 2.45) is 0 Å². The molecule has 4 aromatic rings. The van der Waals surface area contributed by atoms with Gasteiger partial charge in [0.25, 0.3) is 0 Å². The molecule has 2 N–H and O–H groups in total. The van der Waals surface area contributed by atoms with Crippen molar-refractivity contribution in [2.75, 3.05) is 0 Å². The lowest BCUT2D eigenvalue weighted by molar-refractivity contribution is -0.137. The molecule has 1 atom stereocenters. The number of amides is 2. The second-order valence-electron chi connectivity index (χ2n) is 10.3. The maximum atomic E-state index is 13.3. The van der Waals surface area contributed by atoms with Gasteiger partial charge in [-0.25, -0.2) is 14.8 Å². The van der Waals surface area contributed by atoms with Crippen molar-refractivity contribution in [3.05, 3.63) is 95.4 Å². The maximum Gasteiger partial charge on any atom is 0.416 e. The zero-order valence-electron chi connectivity index (χ0n) is 22.3. The third-order valence-corrected chi connectivity index (χ3v) is 5.89. The first-order valence-corrected chi connectivity index (χ1v) is 12.7. The van der Waals surface area contributed by atoms with Crippen molar-refractivity contribution in [3.8, 4) is 0 Å². The van der Waals surface area contributed by atoms with Gasteiger partial charge >= 0.3 is 12.3 Å². The lowest BCUT2D eigenvalue weighted by Gasteiger charge is -2.23. The van der Waals surface area contributed by atoms with Crippen LogP contribution >= 0.6 is 0 Å². The summed E-state index contributed by atoms with van der Waals surface area (Å²) in [6.07, 6.45) is -3.93. The van der Waals surface area contributed by atoms with Crippen LogP contribution in [-0.2, 0) is 35.2 Å². The predicted molar refractivity (Wildman–Crippen MR) is 143 cm³/mol. The SMILES string of the molecule is CC(C)(C)OC(=O)N[C@H](Cc1cccc(C(F)(F)F)c1)C(=O)NCc1nc2cccnc2n1Cc1ccccc1. The monoisotopic (exact) mass is 553 g/mol. The van der Waals surface area contributed by atoms with Crippen molar-refractivity contribution < 1.29 is 27.5 Å². The first kappa shape index (κ1) is 28.6. The molecule has 8 nitrogen and oxygen atoms in total. The summed E-state index contributed by atoms with van der Waals surface area (Å²) in [5.41, 5.74) is 0.846. The number of pyridine rings is 1. The second kappa shape index (κ2) is 11.8. The summed E-state index contributed by atoms with van der Waals surface area (Å²) in [7, 11) is 0. The lowest BCUT2D eigenvalue weighted by atomic mass is 10.0. The Labute approximate surface area is 229 Å². The van der Waals surface area contributed by atoms with Crippen LogP contribution in [0, 0.1) is 0 Å². The van der Waals surface area contributed by atoms with E-state index in [0.717, 1.165) is 17.7 Å². The summed E-state index contributed by atoms with van der Waals surface area (Å²) in [5, 5.41) is 5.28. The number of alkyl halides is 3. The van der Waals surface area contributed by atoms with Gasteiger partial charge in [-0.3, -0.25) is 4.79 Å². The number of ether oxygens (including phenoxy) is 1. The smallest absolute Gasteiger partial charge is 0.416 e. The van der Waals surface area contributed by atoms with Crippen LogP contribution in [-0.4, -0.2) is 38.2 Å². The minimum Gasteiger partial charge on any atom is -0.444 e. The third kappa shape index (κ3) is 7.58. The van der Waals surface area contributed by atoms with Gasteiger partial charge in [0.15, 0.2) is 5.65 Å². The van der Waals surface area contributed by atoms with Gasteiger partial charge in [-0.1, -0.05) is 48.5 Å². The molecule has 40 heavy (non-hydrogen) atoms. The Balaban J connectivity index is 1.56. The van der Waals surface area contributed by atoms with E-state index in [-0.39, 0.29) is 18.5 Å². The molecule has 2 amide bonds. The van der Waals surface area contributed by atoms with E-state index in [1.807, 2.05) is 41.0 Å². The Hall–Kier alpha value is -4.41. The van der Waals surface area contributed by atoms with Crippen LogP contribution in [0.5, 0.6) is 0 Å². The molecule has 2 heterocycles. The molecular weight excluding hydrogens is 523 g/mol. The van der Waals surface area contributed by atoms with E-state index in [2.05, 4.69) is 20.6 Å². The molecule has 2 aromatic heterocycles. The highest BCUT2D eigenvalue weighted by Crippen LogP contribution is 2.29. The Morgan fingerprint density at radius 1 is 0.975 bits per heavy atom. The van der Waals surface area contributed by atoms with Crippen molar-refractivity contribution in [1.29, 1.82) is 0 Å². The average Bonchev–Trinajstić information content (AvgIpc) is 3.23. The molecule has 0 saturated carbocycles. The highest BCUT2D eigenvalue weighted by molar-refractivity contribution is 5.86.